The van der Waals surface area contributed by atoms with Crippen molar-refractivity contribution in [3.05, 3.63) is 35.2 Å². The van der Waals surface area contributed by atoms with Gasteiger partial charge in [0.1, 0.15) is 10.6 Å². The summed E-state index contributed by atoms with van der Waals surface area (Å²) in [5.74, 6) is 0.626. The molecule has 208 valence electrons. The number of nitrogens with one attached hydrogen (secondary N) is 1. The van der Waals surface area contributed by atoms with Crippen LogP contribution in [0.2, 0.25) is 0 Å². The highest BCUT2D eigenvalue weighted by molar-refractivity contribution is 7.17. The summed E-state index contributed by atoms with van der Waals surface area (Å²) in [6, 6.07) is 11.5. The van der Waals surface area contributed by atoms with Crippen LogP contribution in [-0.2, 0) is 0 Å². The second kappa shape index (κ2) is 13.3. The first-order valence-corrected chi connectivity index (χ1v) is 15.4. The second-order valence-electron chi connectivity index (χ2n) is 11.1. The number of hydrogen-bond acceptors (Lipinski definition) is 7. The van der Waals surface area contributed by atoms with E-state index in [-0.39, 0.29) is 5.91 Å². The first-order valence-electron chi connectivity index (χ1n) is 14.6. The number of carbonyl (C=O) groups excluding carboxylic acids is 1. The molecule has 1 N–H and O–H groups in total. The SMILES string of the molecule is COc1cc(-c2ccc(N3CCN(C)CC3)cc2)sc1C(=O)NCCCN1CCC(N2CCCCC2)CC1. The smallest absolute Gasteiger partial charge is 0.265 e. The highest BCUT2D eigenvalue weighted by atomic mass is 32.1. The number of methoxy groups -OCH3 is 1. The van der Waals surface area contributed by atoms with Crippen molar-refractivity contribution < 1.29 is 9.53 Å². The maximum absolute atomic E-state index is 13.0. The lowest BCUT2D eigenvalue weighted by Gasteiger charge is -2.40. The number of likely N-dealkylation sites (tertiary alicyclic amines) is 2. The average Bonchev–Trinajstić information content (AvgIpc) is 3.41. The Morgan fingerprint density at radius 1 is 0.974 bits per heavy atom. The van der Waals surface area contributed by atoms with Gasteiger partial charge in [0.2, 0.25) is 0 Å². The molecular weight excluding hydrogens is 494 g/mol. The summed E-state index contributed by atoms with van der Waals surface area (Å²) in [5, 5.41) is 3.14. The van der Waals surface area contributed by atoms with E-state index < -0.39 is 0 Å². The van der Waals surface area contributed by atoms with E-state index >= 15 is 0 Å². The summed E-state index contributed by atoms with van der Waals surface area (Å²) in [7, 11) is 3.82. The van der Waals surface area contributed by atoms with Crippen LogP contribution in [0.1, 0.15) is 48.2 Å². The molecule has 5 rings (SSSR count). The molecule has 2 aromatic rings. The average molecular weight is 540 g/mol. The molecule has 0 bridgehead atoms. The Balaban J connectivity index is 1.08. The monoisotopic (exact) mass is 539 g/mol. The Bertz CT molecular complexity index is 1020. The van der Waals surface area contributed by atoms with Gasteiger partial charge in [0.25, 0.3) is 5.91 Å². The minimum atomic E-state index is -0.0315. The fourth-order valence-electron chi connectivity index (χ4n) is 6.10. The van der Waals surface area contributed by atoms with E-state index in [4.69, 9.17) is 4.74 Å². The van der Waals surface area contributed by atoms with Gasteiger partial charge < -0.3 is 29.7 Å². The quantitative estimate of drug-likeness (QED) is 0.481. The van der Waals surface area contributed by atoms with Crippen molar-refractivity contribution in [2.75, 3.05) is 84.5 Å². The van der Waals surface area contributed by atoms with Crippen molar-refractivity contribution in [2.45, 2.75) is 44.6 Å². The molecule has 0 aliphatic carbocycles. The van der Waals surface area contributed by atoms with Gasteiger partial charge >= 0.3 is 0 Å². The predicted octanol–water partition coefficient (Wildman–Crippen LogP) is 4.25. The van der Waals surface area contributed by atoms with Crippen LogP contribution in [0.3, 0.4) is 0 Å². The summed E-state index contributed by atoms with van der Waals surface area (Å²) >= 11 is 1.51. The third-order valence-electron chi connectivity index (χ3n) is 8.55. The van der Waals surface area contributed by atoms with Crippen LogP contribution in [0.15, 0.2) is 30.3 Å². The summed E-state index contributed by atoms with van der Waals surface area (Å²) in [5.41, 5.74) is 2.39. The summed E-state index contributed by atoms with van der Waals surface area (Å²) in [6.07, 6.45) is 7.72. The van der Waals surface area contributed by atoms with E-state index in [9.17, 15) is 4.79 Å². The Morgan fingerprint density at radius 2 is 1.68 bits per heavy atom. The molecule has 1 aromatic heterocycles. The number of likely N-dealkylation sites (N-methyl/N-ethyl adjacent to an activating group) is 1. The minimum absolute atomic E-state index is 0.0315. The lowest BCUT2D eigenvalue weighted by atomic mass is 10.00. The normalized spacial score (nSPS) is 20.5. The van der Waals surface area contributed by atoms with Gasteiger partial charge in [-0.15, -0.1) is 11.3 Å². The Kier molecular flexibility index (Phi) is 9.59. The zero-order valence-corrected chi connectivity index (χ0v) is 24.1. The summed E-state index contributed by atoms with van der Waals surface area (Å²) in [4.78, 5) is 24.8. The largest absolute Gasteiger partial charge is 0.495 e. The zero-order chi connectivity index (χ0) is 26.3. The maximum Gasteiger partial charge on any atom is 0.265 e. The Hall–Kier alpha value is -2.13. The van der Waals surface area contributed by atoms with Gasteiger partial charge in [-0.1, -0.05) is 18.6 Å². The van der Waals surface area contributed by atoms with Crippen LogP contribution < -0.4 is 15.0 Å². The maximum atomic E-state index is 13.0. The molecule has 0 atom stereocenters. The van der Waals surface area contributed by atoms with Crippen LogP contribution in [0.5, 0.6) is 5.75 Å². The number of amides is 1. The number of piperazine rings is 1. The van der Waals surface area contributed by atoms with E-state index in [1.54, 1.807) is 7.11 Å². The van der Waals surface area contributed by atoms with Crippen LogP contribution in [0.25, 0.3) is 10.4 Å². The third kappa shape index (κ3) is 6.89. The van der Waals surface area contributed by atoms with Crippen molar-refractivity contribution in [3.63, 3.8) is 0 Å². The molecule has 8 heteroatoms. The van der Waals surface area contributed by atoms with Crippen molar-refractivity contribution in [1.29, 1.82) is 0 Å². The van der Waals surface area contributed by atoms with E-state index in [1.807, 2.05) is 6.07 Å². The number of benzene rings is 1. The molecule has 4 heterocycles. The fourth-order valence-corrected chi connectivity index (χ4v) is 7.15. The second-order valence-corrected chi connectivity index (χ2v) is 12.2. The van der Waals surface area contributed by atoms with Gasteiger partial charge in [-0.05, 0) is 95.6 Å². The van der Waals surface area contributed by atoms with Gasteiger partial charge in [-0.3, -0.25) is 4.79 Å². The predicted molar refractivity (Wildman–Crippen MR) is 158 cm³/mol. The molecule has 3 fully saturated rings. The lowest BCUT2D eigenvalue weighted by Crippen LogP contribution is -2.47. The van der Waals surface area contributed by atoms with Crippen molar-refractivity contribution in [1.82, 2.24) is 20.0 Å². The van der Waals surface area contributed by atoms with Crippen LogP contribution in [0, 0.1) is 0 Å². The number of carbonyl (C=O) groups is 1. The van der Waals surface area contributed by atoms with E-state index in [0.717, 1.165) is 55.6 Å². The summed E-state index contributed by atoms with van der Waals surface area (Å²) < 4.78 is 5.58. The van der Waals surface area contributed by atoms with Crippen LogP contribution in [0.4, 0.5) is 5.69 Å². The van der Waals surface area contributed by atoms with Crippen LogP contribution in [-0.4, -0.2) is 106 Å². The van der Waals surface area contributed by atoms with Gasteiger partial charge in [0, 0.05) is 49.3 Å². The molecular formula is C30H45N5O2S. The molecule has 3 aliphatic heterocycles. The lowest BCUT2D eigenvalue weighted by molar-refractivity contribution is 0.0903. The van der Waals surface area contributed by atoms with E-state index in [2.05, 4.69) is 56.2 Å². The van der Waals surface area contributed by atoms with Gasteiger partial charge in [-0.2, -0.15) is 0 Å². The third-order valence-corrected chi connectivity index (χ3v) is 9.71. The number of nitrogens with zero attached hydrogens (tertiary/aromatic N) is 4. The molecule has 0 radical (unpaired) electrons. The van der Waals surface area contributed by atoms with Gasteiger partial charge in [0.05, 0.1) is 7.11 Å². The highest BCUT2D eigenvalue weighted by Crippen LogP contribution is 2.37. The number of rotatable bonds is 9. The molecule has 0 spiro atoms. The Labute approximate surface area is 232 Å². The first-order chi connectivity index (χ1) is 18.6. The van der Waals surface area contributed by atoms with Gasteiger partial charge in [-0.25, -0.2) is 0 Å². The number of anilines is 1. The Morgan fingerprint density at radius 3 is 2.37 bits per heavy atom. The fraction of sp³-hybridized carbons (Fsp3) is 0.633. The molecule has 1 aromatic carbocycles. The molecule has 38 heavy (non-hydrogen) atoms. The molecule has 0 saturated carbocycles. The molecule has 0 unspecified atom stereocenters. The molecule has 3 saturated heterocycles. The van der Waals surface area contributed by atoms with Crippen LogP contribution >= 0.6 is 11.3 Å². The van der Waals surface area contributed by atoms with Gasteiger partial charge in [0.15, 0.2) is 0 Å². The first kappa shape index (κ1) is 27.4. The topological polar surface area (TPSA) is 51.3 Å². The summed E-state index contributed by atoms with van der Waals surface area (Å²) in [6.45, 7) is 11.0. The molecule has 7 nitrogen and oxygen atoms in total. The standard InChI is InChI=1S/C30H45N5O2S/c1-32-19-21-35(22-20-32)25-9-7-24(8-10-25)28-23-27(37-2)29(38-28)30(36)31-13-6-14-33-17-11-26(12-18-33)34-15-4-3-5-16-34/h7-10,23,26H,3-6,11-22H2,1-2H3,(H,31,36). The number of ether oxygens (including phenoxy) is 1. The van der Waals surface area contributed by atoms with E-state index in [0.29, 0.717) is 17.2 Å². The minimum Gasteiger partial charge on any atom is -0.495 e. The highest BCUT2D eigenvalue weighted by Gasteiger charge is 2.25. The molecule has 3 aliphatic rings. The number of thiophene rings is 1. The molecule has 1 amide bonds. The zero-order valence-electron chi connectivity index (χ0n) is 23.3. The van der Waals surface area contributed by atoms with E-state index in [1.165, 1.54) is 75.3 Å². The van der Waals surface area contributed by atoms with Crippen molar-refractivity contribution >= 4 is 22.9 Å². The number of hydrogen-bond donors (Lipinski definition) is 1. The van der Waals surface area contributed by atoms with Crippen molar-refractivity contribution in [2.24, 2.45) is 0 Å². The van der Waals surface area contributed by atoms with Crippen molar-refractivity contribution in [3.8, 4) is 16.2 Å². The number of piperidine rings is 2.